The van der Waals surface area contributed by atoms with E-state index in [-0.39, 0.29) is 0 Å². The van der Waals surface area contributed by atoms with Crippen LogP contribution in [0.15, 0.2) is 24.4 Å². The van der Waals surface area contributed by atoms with Gasteiger partial charge in [0.05, 0.1) is 5.69 Å². The Kier molecular flexibility index (Phi) is 3.16. The van der Waals surface area contributed by atoms with Crippen LogP contribution in [0.25, 0.3) is 11.4 Å². The zero-order valence-corrected chi connectivity index (χ0v) is 11.0. The lowest BCUT2D eigenvalue weighted by Crippen LogP contribution is -2.40. The van der Waals surface area contributed by atoms with Crippen LogP contribution in [0.4, 0.5) is 5.82 Å². The summed E-state index contributed by atoms with van der Waals surface area (Å²) in [4.78, 5) is 2.24. The fourth-order valence-corrected chi connectivity index (χ4v) is 2.38. The normalized spacial score (nSPS) is 16.8. The van der Waals surface area contributed by atoms with Gasteiger partial charge in [0.25, 0.3) is 0 Å². The third-order valence-corrected chi connectivity index (χ3v) is 3.60. The van der Waals surface area contributed by atoms with E-state index in [0.29, 0.717) is 6.04 Å². The molecular formula is C13H18N6. The van der Waals surface area contributed by atoms with Crippen molar-refractivity contribution in [1.82, 2.24) is 20.0 Å². The average Bonchev–Trinajstić information content (AvgIpc) is 2.86. The first-order valence-corrected chi connectivity index (χ1v) is 6.56. The Morgan fingerprint density at radius 1 is 1.16 bits per heavy atom. The number of anilines is 1. The summed E-state index contributed by atoms with van der Waals surface area (Å²) >= 11 is 0. The topological polar surface area (TPSA) is 72.9 Å². The van der Waals surface area contributed by atoms with Gasteiger partial charge in [-0.2, -0.15) is 5.10 Å². The molecule has 1 aliphatic heterocycles. The van der Waals surface area contributed by atoms with Crippen molar-refractivity contribution >= 4 is 5.82 Å². The molecule has 2 N–H and O–H groups in total. The second-order valence-corrected chi connectivity index (χ2v) is 4.94. The Labute approximate surface area is 112 Å². The molecule has 0 bridgehead atoms. The highest BCUT2D eigenvalue weighted by molar-refractivity contribution is 5.55. The van der Waals surface area contributed by atoms with Gasteiger partial charge in [-0.1, -0.05) is 0 Å². The maximum absolute atomic E-state index is 5.91. The number of nitrogens with zero attached hydrogens (tertiary/aromatic N) is 5. The molecule has 1 fully saturated rings. The zero-order valence-electron chi connectivity index (χ0n) is 11.0. The predicted octanol–water partition coefficient (Wildman–Crippen LogP) is 0.805. The Morgan fingerprint density at radius 3 is 2.53 bits per heavy atom. The minimum Gasteiger partial charge on any atom is -0.355 e. The van der Waals surface area contributed by atoms with Crippen LogP contribution >= 0.6 is 0 Å². The maximum atomic E-state index is 5.91. The van der Waals surface area contributed by atoms with Crippen molar-refractivity contribution in [2.45, 2.75) is 18.9 Å². The van der Waals surface area contributed by atoms with Crippen molar-refractivity contribution < 1.29 is 0 Å². The molecule has 100 valence electrons. The summed E-state index contributed by atoms with van der Waals surface area (Å²) in [5, 5.41) is 12.7. The number of rotatable bonds is 2. The van der Waals surface area contributed by atoms with Gasteiger partial charge in [0.1, 0.15) is 5.69 Å². The van der Waals surface area contributed by atoms with Crippen molar-refractivity contribution in [3.8, 4) is 11.4 Å². The van der Waals surface area contributed by atoms with Crippen molar-refractivity contribution in [2.75, 3.05) is 18.0 Å². The van der Waals surface area contributed by atoms with E-state index in [4.69, 9.17) is 5.73 Å². The maximum Gasteiger partial charge on any atom is 0.151 e. The second kappa shape index (κ2) is 4.97. The lowest BCUT2D eigenvalue weighted by molar-refractivity contribution is 0.497. The summed E-state index contributed by atoms with van der Waals surface area (Å²) in [6.45, 7) is 1.92. The molecule has 3 rings (SSSR count). The van der Waals surface area contributed by atoms with Crippen molar-refractivity contribution in [1.29, 1.82) is 0 Å². The van der Waals surface area contributed by atoms with Gasteiger partial charge < -0.3 is 10.6 Å². The van der Waals surface area contributed by atoms with E-state index < -0.39 is 0 Å². The molecule has 1 saturated heterocycles. The monoisotopic (exact) mass is 258 g/mol. The third kappa shape index (κ3) is 2.44. The van der Waals surface area contributed by atoms with E-state index in [0.717, 1.165) is 43.1 Å². The van der Waals surface area contributed by atoms with Gasteiger partial charge in [-0.05, 0) is 31.0 Å². The molecule has 2 aromatic heterocycles. The Bertz CT molecular complexity index is 539. The van der Waals surface area contributed by atoms with Gasteiger partial charge in [-0.25, -0.2) is 0 Å². The summed E-state index contributed by atoms with van der Waals surface area (Å²) in [7, 11) is 1.90. The molecule has 0 saturated carbocycles. The highest BCUT2D eigenvalue weighted by Gasteiger charge is 2.17. The minimum atomic E-state index is 0.331. The van der Waals surface area contributed by atoms with Crippen molar-refractivity contribution in [3.05, 3.63) is 24.4 Å². The number of aromatic nitrogens is 4. The first-order valence-electron chi connectivity index (χ1n) is 6.56. The third-order valence-electron chi connectivity index (χ3n) is 3.60. The van der Waals surface area contributed by atoms with Crippen molar-refractivity contribution in [2.24, 2.45) is 12.8 Å². The van der Waals surface area contributed by atoms with Gasteiger partial charge in [-0.3, -0.25) is 4.68 Å². The lowest BCUT2D eigenvalue weighted by Gasteiger charge is -2.30. The van der Waals surface area contributed by atoms with E-state index in [9.17, 15) is 0 Å². The summed E-state index contributed by atoms with van der Waals surface area (Å²) in [5.74, 6) is 0.929. The van der Waals surface area contributed by atoms with Crippen LogP contribution in [0.3, 0.4) is 0 Å². The van der Waals surface area contributed by atoms with Gasteiger partial charge in [-0.15, -0.1) is 10.2 Å². The average molecular weight is 258 g/mol. The molecule has 0 radical (unpaired) electrons. The summed E-state index contributed by atoms with van der Waals surface area (Å²) in [6.07, 6.45) is 3.80. The van der Waals surface area contributed by atoms with Crippen LogP contribution < -0.4 is 10.6 Å². The molecule has 1 aliphatic rings. The Hall–Kier alpha value is -1.95. The predicted molar refractivity (Wildman–Crippen MR) is 73.7 cm³/mol. The molecule has 0 atom stereocenters. The quantitative estimate of drug-likeness (QED) is 0.862. The van der Waals surface area contributed by atoms with E-state index in [1.807, 2.05) is 25.2 Å². The standard InChI is InChI=1S/C13H18N6/c1-18-12(4-7-15-18)11-2-3-13(17-16-11)19-8-5-10(14)6-9-19/h2-4,7,10H,5-6,8-9,14H2,1H3. The highest BCUT2D eigenvalue weighted by Crippen LogP contribution is 2.19. The first kappa shape index (κ1) is 12.1. The Morgan fingerprint density at radius 2 is 1.95 bits per heavy atom. The number of hydrogen-bond acceptors (Lipinski definition) is 5. The molecular weight excluding hydrogens is 240 g/mol. The fraction of sp³-hybridized carbons (Fsp3) is 0.462. The largest absolute Gasteiger partial charge is 0.355 e. The molecule has 0 aliphatic carbocycles. The first-order chi connectivity index (χ1) is 9.24. The molecule has 0 amide bonds. The number of aryl methyl sites for hydroxylation is 1. The molecule has 3 heterocycles. The minimum absolute atomic E-state index is 0.331. The van der Waals surface area contributed by atoms with E-state index in [1.54, 1.807) is 10.9 Å². The van der Waals surface area contributed by atoms with Gasteiger partial charge >= 0.3 is 0 Å². The Balaban J connectivity index is 1.78. The van der Waals surface area contributed by atoms with Gasteiger partial charge in [0, 0.05) is 32.4 Å². The van der Waals surface area contributed by atoms with Gasteiger partial charge in [0.2, 0.25) is 0 Å². The molecule has 6 heteroatoms. The summed E-state index contributed by atoms with van der Waals surface area (Å²) in [6, 6.07) is 6.28. The van der Waals surface area contributed by atoms with Crippen molar-refractivity contribution in [3.63, 3.8) is 0 Å². The number of nitrogens with two attached hydrogens (primary N) is 1. The highest BCUT2D eigenvalue weighted by atomic mass is 15.3. The van der Waals surface area contributed by atoms with Crippen LogP contribution in [0.5, 0.6) is 0 Å². The second-order valence-electron chi connectivity index (χ2n) is 4.94. The number of piperidine rings is 1. The zero-order chi connectivity index (χ0) is 13.2. The molecule has 2 aromatic rings. The van der Waals surface area contributed by atoms with E-state index in [2.05, 4.69) is 20.2 Å². The lowest BCUT2D eigenvalue weighted by atomic mass is 10.1. The SMILES string of the molecule is Cn1nccc1-c1ccc(N2CCC(N)CC2)nn1. The van der Waals surface area contributed by atoms with Crippen LogP contribution in [-0.4, -0.2) is 39.1 Å². The fourth-order valence-electron chi connectivity index (χ4n) is 2.38. The van der Waals surface area contributed by atoms with E-state index >= 15 is 0 Å². The van der Waals surface area contributed by atoms with E-state index in [1.165, 1.54) is 0 Å². The number of hydrogen-bond donors (Lipinski definition) is 1. The summed E-state index contributed by atoms with van der Waals surface area (Å²) < 4.78 is 1.80. The summed E-state index contributed by atoms with van der Waals surface area (Å²) in [5.41, 5.74) is 7.72. The molecule has 6 nitrogen and oxygen atoms in total. The molecule has 0 unspecified atom stereocenters. The van der Waals surface area contributed by atoms with Crippen LogP contribution in [-0.2, 0) is 7.05 Å². The smallest absolute Gasteiger partial charge is 0.151 e. The molecule has 0 spiro atoms. The van der Waals surface area contributed by atoms with Gasteiger partial charge in [0.15, 0.2) is 5.82 Å². The molecule has 19 heavy (non-hydrogen) atoms. The van der Waals surface area contributed by atoms with Crippen LogP contribution in [0.2, 0.25) is 0 Å². The van der Waals surface area contributed by atoms with Crippen LogP contribution in [0.1, 0.15) is 12.8 Å². The van der Waals surface area contributed by atoms with Crippen LogP contribution in [0, 0.1) is 0 Å². The molecule has 0 aromatic carbocycles.